The molecule has 0 atom stereocenters. The van der Waals surface area contributed by atoms with Gasteiger partial charge >= 0.3 is 5.97 Å². The smallest absolute Gasteiger partial charge is 0.340 e. The van der Waals surface area contributed by atoms with E-state index in [4.69, 9.17) is 9.47 Å². The molecular formula is C8H10O3. The fourth-order valence-corrected chi connectivity index (χ4v) is 0.645. The topological polar surface area (TPSA) is 35.5 Å². The summed E-state index contributed by atoms with van der Waals surface area (Å²) in [5.74, 6) is -0.129. The second-order valence-corrected chi connectivity index (χ2v) is 2.33. The minimum Gasteiger partial charge on any atom is -0.465 e. The molecule has 0 saturated carbocycles. The number of ether oxygens (including phenoxy) is 2. The first kappa shape index (κ1) is 7.85. The van der Waals surface area contributed by atoms with Gasteiger partial charge in [0, 0.05) is 18.1 Å². The maximum atomic E-state index is 10.9. The lowest BCUT2D eigenvalue weighted by atomic mass is 10.4. The van der Waals surface area contributed by atoms with Gasteiger partial charge in [-0.2, -0.15) is 0 Å². The summed E-state index contributed by atoms with van der Waals surface area (Å²) in [6.45, 7) is 5.63. The largest absolute Gasteiger partial charge is 0.465 e. The van der Waals surface area contributed by atoms with Crippen LogP contribution in [-0.4, -0.2) is 12.6 Å². The van der Waals surface area contributed by atoms with Crippen LogP contribution >= 0.6 is 0 Å². The summed E-state index contributed by atoms with van der Waals surface area (Å²) in [5.41, 5.74) is 0.376. The lowest BCUT2D eigenvalue weighted by molar-refractivity contribution is -0.139. The van der Waals surface area contributed by atoms with Gasteiger partial charge < -0.3 is 9.47 Å². The highest BCUT2D eigenvalue weighted by atomic mass is 16.7. The Balaban J connectivity index is 2.42. The number of hydrogen-bond acceptors (Lipinski definition) is 3. The number of esters is 1. The van der Waals surface area contributed by atoms with Gasteiger partial charge in [0.05, 0.1) is 6.61 Å². The van der Waals surface area contributed by atoms with E-state index in [1.54, 1.807) is 13.0 Å². The Morgan fingerprint density at radius 3 is 3.00 bits per heavy atom. The molecule has 0 aromatic carbocycles. The van der Waals surface area contributed by atoms with Crippen molar-refractivity contribution in [3.63, 3.8) is 0 Å². The SMILES string of the molecule is C=C(C)C(=O)OC1=CCCO1. The predicted molar refractivity (Wildman–Crippen MR) is 39.6 cm³/mol. The second kappa shape index (κ2) is 3.23. The van der Waals surface area contributed by atoms with Crippen molar-refractivity contribution >= 4 is 5.97 Å². The molecule has 60 valence electrons. The molecule has 0 N–H and O–H groups in total. The van der Waals surface area contributed by atoms with E-state index in [9.17, 15) is 4.79 Å². The Bertz CT molecular complexity index is 215. The zero-order chi connectivity index (χ0) is 8.27. The third-order valence-corrected chi connectivity index (χ3v) is 1.21. The van der Waals surface area contributed by atoms with Crippen LogP contribution < -0.4 is 0 Å². The van der Waals surface area contributed by atoms with Crippen molar-refractivity contribution in [1.82, 2.24) is 0 Å². The van der Waals surface area contributed by atoms with Gasteiger partial charge in [-0.15, -0.1) is 0 Å². The molecule has 0 fully saturated rings. The number of hydrogen-bond donors (Lipinski definition) is 0. The number of rotatable bonds is 2. The molecule has 0 spiro atoms. The van der Waals surface area contributed by atoms with Crippen molar-refractivity contribution in [2.24, 2.45) is 0 Å². The lowest BCUT2D eigenvalue weighted by Gasteiger charge is -2.03. The van der Waals surface area contributed by atoms with Crippen LogP contribution in [0.3, 0.4) is 0 Å². The van der Waals surface area contributed by atoms with Crippen molar-refractivity contribution in [3.05, 3.63) is 24.2 Å². The van der Waals surface area contributed by atoms with E-state index in [1.165, 1.54) is 0 Å². The Hall–Kier alpha value is -1.25. The van der Waals surface area contributed by atoms with Crippen LogP contribution in [0.2, 0.25) is 0 Å². The van der Waals surface area contributed by atoms with Gasteiger partial charge in [-0.3, -0.25) is 0 Å². The Labute approximate surface area is 65.3 Å². The molecule has 0 bridgehead atoms. The van der Waals surface area contributed by atoms with Crippen molar-refractivity contribution in [3.8, 4) is 0 Å². The van der Waals surface area contributed by atoms with E-state index in [0.29, 0.717) is 18.1 Å². The highest BCUT2D eigenvalue weighted by Crippen LogP contribution is 2.11. The molecule has 0 unspecified atom stereocenters. The molecule has 0 aromatic heterocycles. The van der Waals surface area contributed by atoms with Crippen molar-refractivity contribution in [1.29, 1.82) is 0 Å². The quantitative estimate of drug-likeness (QED) is 0.445. The molecule has 1 aliphatic rings. The highest BCUT2D eigenvalue weighted by Gasteiger charge is 2.11. The molecule has 0 radical (unpaired) electrons. The Morgan fingerprint density at radius 1 is 1.82 bits per heavy atom. The monoisotopic (exact) mass is 154 g/mol. The summed E-state index contributed by atoms with van der Waals surface area (Å²) in [7, 11) is 0. The predicted octanol–water partition coefficient (Wildman–Crippen LogP) is 1.37. The van der Waals surface area contributed by atoms with Gasteiger partial charge in [0.1, 0.15) is 0 Å². The van der Waals surface area contributed by atoms with Gasteiger partial charge in [-0.25, -0.2) is 4.79 Å². The number of carbonyl (C=O) groups is 1. The van der Waals surface area contributed by atoms with Crippen LogP contribution in [0.5, 0.6) is 0 Å². The van der Waals surface area contributed by atoms with E-state index < -0.39 is 5.97 Å². The van der Waals surface area contributed by atoms with Gasteiger partial charge in [0.15, 0.2) is 0 Å². The number of carbonyl (C=O) groups excluding carboxylic acids is 1. The minimum atomic E-state index is -0.432. The molecule has 1 aliphatic heterocycles. The molecule has 1 heterocycles. The van der Waals surface area contributed by atoms with Crippen LogP contribution in [-0.2, 0) is 14.3 Å². The summed E-state index contributed by atoms with van der Waals surface area (Å²) in [6.07, 6.45) is 2.54. The van der Waals surface area contributed by atoms with E-state index in [2.05, 4.69) is 6.58 Å². The van der Waals surface area contributed by atoms with E-state index >= 15 is 0 Å². The van der Waals surface area contributed by atoms with Crippen molar-refractivity contribution < 1.29 is 14.3 Å². The molecular weight excluding hydrogens is 144 g/mol. The van der Waals surface area contributed by atoms with E-state index in [1.807, 2.05) is 0 Å². The zero-order valence-corrected chi connectivity index (χ0v) is 6.42. The molecule has 0 aliphatic carbocycles. The minimum absolute atomic E-state index is 0.304. The normalized spacial score (nSPS) is 15.2. The standard InChI is InChI=1S/C8H10O3/c1-6(2)8(9)11-7-4-3-5-10-7/h4H,1,3,5H2,2H3. The fraction of sp³-hybridized carbons (Fsp3) is 0.375. The third-order valence-electron chi connectivity index (χ3n) is 1.21. The molecule has 3 heteroatoms. The fourth-order valence-electron chi connectivity index (χ4n) is 0.645. The van der Waals surface area contributed by atoms with Crippen LogP contribution in [0.15, 0.2) is 24.2 Å². The Kier molecular flexibility index (Phi) is 2.31. The average Bonchev–Trinajstić information content (AvgIpc) is 2.39. The van der Waals surface area contributed by atoms with Gasteiger partial charge in [-0.1, -0.05) is 6.58 Å². The summed E-state index contributed by atoms with van der Waals surface area (Å²) in [4.78, 5) is 10.9. The van der Waals surface area contributed by atoms with E-state index in [0.717, 1.165) is 6.42 Å². The first-order chi connectivity index (χ1) is 5.20. The molecule has 0 aromatic rings. The molecule has 3 nitrogen and oxygen atoms in total. The van der Waals surface area contributed by atoms with Gasteiger partial charge in [0.25, 0.3) is 5.95 Å². The molecule has 1 rings (SSSR count). The third kappa shape index (κ3) is 2.11. The van der Waals surface area contributed by atoms with Crippen LogP contribution in [0.25, 0.3) is 0 Å². The molecule has 11 heavy (non-hydrogen) atoms. The summed E-state index contributed by atoms with van der Waals surface area (Å²) < 4.78 is 9.72. The van der Waals surface area contributed by atoms with Crippen LogP contribution in [0, 0.1) is 0 Å². The lowest BCUT2D eigenvalue weighted by Crippen LogP contribution is -2.04. The first-order valence-corrected chi connectivity index (χ1v) is 3.41. The maximum Gasteiger partial charge on any atom is 0.340 e. The second-order valence-electron chi connectivity index (χ2n) is 2.33. The zero-order valence-electron chi connectivity index (χ0n) is 6.42. The summed E-state index contributed by atoms with van der Waals surface area (Å²) >= 11 is 0. The Morgan fingerprint density at radius 2 is 2.55 bits per heavy atom. The van der Waals surface area contributed by atoms with Crippen molar-refractivity contribution in [2.45, 2.75) is 13.3 Å². The molecule has 0 amide bonds. The maximum absolute atomic E-state index is 10.9. The van der Waals surface area contributed by atoms with Crippen LogP contribution in [0.4, 0.5) is 0 Å². The van der Waals surface area contributed by atoms with Crippen molar-refractivity contribution in [2.75, 3.05) is 6.61 Å². The van der Waals surface area contributed by atoms with Crippen LogP contribution in [0.1, 0.15) is 13.3 Å². The molecule has 0 saturated heterocycles. The van der Waals surface area contributed by atoms with E-state index in [-0.39, 0.29) is 0 Å². The summed E-state index contributed by atoms with van der Waals surface area (Å²) in [5, 5.41) is 0. The average molecular weight is 154 g/mol. The summed E-state index contributed by atoms with van der Waals surface area (Å²) in [6, 6.07) is 0. The van der Waals surface area contributed by atoms with Gasteiger partial charge in [0.2, 0.25) is 0 Å². The van der Waals surface area contributed by atoms with Gasteiger partial charge in [-0.05, 0) is 6.92 Å². The first-order valence-electron chi connectivity index (χ1n) is 3.41. The highest BCUT2D eigenvalue weighted by molar-refractivity contribution is 5.87.